The Morgan fingerprint density at radius 2 is 2.10 bits per heavy atom. The number of benzene rings is 1. The Kier molecular flexibility index (Phi) is 5.07. The van der Waals surface area contributed by atoms with Crippen LogP contribution in [0.5, 0.6) is 0 Å². The Labute approximate surface area is 119 Å². The summed E-state index contributed by atoms with van der Waals surface area (Å²) in [7, 11) is 1.56. The molecule has 0 aliphatic rings. The summed E-state index contributed by atoms with van der Waals surface area (Å²) in [5.41, 5.74) is 0.883. The molecule has 4 heteroatoms. The molecule has 0 aliphatic carbocycles. The maximum absolute atomic E-state index is 12.4. The van der Waals surface area contributed by atoms with Crippen LogP contribution in [0.2, 0.25) is 0 Å². The predicted octanol–water partition coefficient (Wildman–Crippen LogP) is 2.79. The Balaban J connectivity index is 2.12. The van der Waals surface area contributed by atoms with Gasteiger partial charge in [0.1, 0.15) is 11.9 Å². The van der Waals surface area contributed by atoms with Crippen molar-refractivity contribution < 1.29 is 9.53 Å². The van der Waals surface area contributed by atoms with Crippen LogP contribution in [0.4, 0.5) is 0 Å². The number of rotatable bonds is 7. The second-order valence-corrected chi connectivity index (χ2v) is 4.71. The first-order valence-corrected chi connectivity index (χ1v) is 6.86. The van der Waals surface area contributed by atoms with Crippen molar-refractivity contribution in [1.82, 2.24) is 9.55 Å². The third-order valence-corrected chi connectivity index (χ3v) is 3.23. The number of aryl methyl sites for hydroxylation is 1. The van der Waals surface area contributed by atoms with Crippen molar-refractivity contribution in [2.75, 3.05) is 7.11 Å². The summed E-state index contributed by atoms with van der Waals surface area (Å²) in [6.45, 7) is 2.99. The fourth-order valence-corrected chi connectivity index (χ4v) is 2.28. The van der Waals surface area contributed by atoms with Crippen molar-refractivity contribution in [2.24, 2.45) is 0 Å². The number of Topliss-reactive ketones (excluding diaryl/α,β-unsaturated/α-hetero) is 1. The van der Waals surface area contributed by atoms with Gasteiger partial charge in [0, 0.05) is 26.0 Å². The molecule has 2 aromatic rings. The number of aromatic nitrogens is 2. The largest absolute Gasteiger partial charge is 0.369 e. The van der Waals surface area contributed by atoms with Gasteiger partial charge in [-0.2, -0.15) is 0 Å². The lowest BCUT2D eigenvalue weighted by Gasteiger charge is -2.15. The summed E-state index contributed by atoms with van der Waals surface area (Å²) in [5.74, 6) is 0.831. The molecule has 4 nitrogen and oxygen atoms in total. The molecule has 0 bridgehead atoms. The van der Waals surface area contributed by atoms with E-state index in [-0.39, 0.29) is 5.78 Å². The summed E-state index contributed by atoms with van der Waals surface area (Å²) >= 11 is 0. The fourth-order valence-electron chi connectivity index (χ4n) is 2.28. The number of imidazole rings is 1. The van der Waals surface area contributed by atoms with Gasteiger partial charge in [0.05, 0.1) is 6.42 Å². The summed E-state index contributed by atoms with van der Waals surface area (Å²) in [4.78, 5) is 16.7. The van der Waals surface area contributed by atoms with E-state index in [2.05, 4.69) is 11.9 Å². The molecule has 0 fully saturated rings. The van der Waals surface area contributed by atoms with Crippen LogP contribution in [-0.4, -0.2) is 22.4 Å². The highest BCUT2D eigenvalue weighted by Crippen LogP contribution is 2.19. The molecule has 0 saturated heterocycles. The Morgan fingerprint density at radius 3 is 2.75 bits per heavy atom. The molecule has 0 spiro atoms. The number of hydrogen-bond acceptors (Lipinski definition) is 3. The molecule has 0 radical (unpaired) electrons. The lowest BCUT2D eigenvalue weighted by Crippen LogP contribution is -2.19. The number of ketones is 1. The van der Waals surface area contributed by atoms with Gasteiger partial charge in [0.25, 0.3) is 0 Å². The smallest absolute Gasteiger partial charge is 0.173 e. The molecule has 0 N–H and O–H groups in total. The van der Waals surface area contributed by atoms with Gasteiger partial charge in [-0.15, -0.1) is 0 Å². The van der Waals surface area contributed by atoms with E-state index in [4.69, 9.17) is 4.74 Å². The maximum atomic E-state index is 12.4. The van der Waals surface area contributed by atoms with Crippen LogP contribution in [0, 0.1) is 0 Å². The minimum atomic E-state index is -0.525. The first kappa shape index (κ1) is 14.5. The van der Waals surface area contributed by atoms with Gasteiger partial charge < -0.3 is 9.30 Å². The highest BCUT2D eigenvalue weighted by Gasteiger charge is 2.21. The normalized spacial score (nSPS) is 12.3. The SMILES string of the molecule is CCCn1ccnc1CC(=O)C(OC)c1ccccc1. The van der Waals surface area contributed by atoms with E-state index >= 15 is 0 Å². The molecule has 1 aromatic heterocycles. The van der Waals surface area contributed by atoms with Crippen LogP contribution < -0.4 is 0 Å². The third kappa shape index (κ3) is 3.33. The lowest BCUT2D eigenvalue weighted by atomic mass is 10.0. The molecular formula is C16H20N2O2. The molecule has 0 amide bonds. The van der Waals surface area contributed by atoms with Crippen LogP contribution in [0.25, 0.3) is 0 Å². The standard InChI is InChI=1S/C16H20N2O2/c1-3-10-18-11-9-17-15(18)12-14(19)16(20-2)13-7-5-4-6-8-13/h4-9,11,16H,3,10,12H2,1-2H3. The molecule has 0 saturated carbocycles. The van der Waals surface area contributed by atoms with E-state index in [1.807, 2.05) is 41.1 Å². The van der Waals surface area contributed by atoms with Gasteiger partial charge in [-0.1, -0.05) is 37.3 Å². The van der Waals surface area contributed by atoms with E-state index in [0.29, 0.717) is 6.42 Å². The molecule has 2 rings (SSSR count). The summed E-state index contributed by atoms with van der Waals surface area (Å²) in [6.07, 6.45) is 4.44. The second kappa shape index (κ2) is 7.01. The van der Waals surface area contributed by atoms with Crippen molar-refractivity contribution in [1.29, 1.82) is 0 Å². The first-order chi connectivity index (χ1) is 9.76. The van der Waals surface area contributed by atoms with E-state index in [1.54, 1.807) is 13.3 Å². The molecule has 0 aliphatic heterocycles. The van der Waals surface area contributed by atoms with E-state index < -0.39 is 6.10 Å². The van der Waals surface area contributed by atoms with Gasteiger partial charge in [-0.25, -0.2) is 4.98 Å². The zero-order chi connectivity index (χ0) is 14.4. The Bertz CT molecular complexity index is 549. The van der Waals surface area contributed by atoms with Crippen LogP contribution in [-0.2, 0) is 22.5 Å². The number of nitrogens with zero attached hydrogens (tertiary/aromatic N) is 2. The topological polar surface area (TPSA) is 44.1 Å². The Morgan fingerprint density at radius 1 is 1.35 bits per heavy atom. The monoisotopic (exact) mass is 272 g/mol. The summed E-state index contributed by atoms with van der Waals surface area (Å²) in [6, 6.07) is 9.56. The lowest BCUT2D eigenvalue weighted by molar-refractivity contribution is -0.128. The van der Waals surface area contributed by atoms with Gasteiger partial charge in [0.15, 0.2) is 5.78 Å². The third-order valence-electron chi connectivity index (χ3n) is 3.23. The number of methoxy groups -OCH3 is 1. The van der Waals surface area contributed by atoms with Crippen molar-refractivity contribution in [3.05, 3.63) is 54.1 Å². The van der Waals surface area contributed by atoms with Crippen molar-refractivity contribution >= 4 is 5.78 Å². The summed E-state index contributed by atoms with van der Waals surface area (Å²) in [5, 5.41) is 0. The van der Waals surface area contributed by atoms with Crippen molar-refractivity contribution in [2.45, 2.75) is 32.4 Å². The van der Waals surface area contributed by atoms with Crippen LogP contribution in [0.3, 0.4) is 0 Å². The van der Waals surface area contributed by atoms with Gasteiger partial charge >= 0.3 is 0 Å². The predicted molar refractivity (Wildman–Crippen MR) is 77.4 cm³/mol. The highest BCUT2D eigenvalue weighted by molar-refractivity contribution is 5.85. The molecule has 20 heavy (non-hydrogen) atoms. The number of carbonyl (C=O) groups excluding carboxylic acids is 1. The average Bonchev–Trinajstić information content (AvgIpc) is 2.88. The molecule has 1 aromatic carbocycles. The first-order valence-electron chi connectivity index (χ1n) is 6.86. The fraction of sp³-hybridized carbons (Fsp3) is 0.375. The quantitative estimate of drug-likeness (QED) is 0.778. The maximum Gasteiger partial charge on any atom is 0.173 e. The molecular weight excluding hydrogens is 252 g/mol. The highest BCUT2D eigenvalue weighted by atomic mass is 16.5. The molecule has 1 heterocycles. The van der Waals surface area contributed by atoms with E-state index in [9.17, 15) is 4.79 Å². The molecule has 106 valence electrons. The van der Waals surface area contributed by atoms with Gasteiger partial charge in [0.2, 0.25) is 0 Å². The summed E-state index contributed by atoms with van der Waals surface area (Å²) < 4.78 is 7.38. The van der Waals surface area contributed by atoms with Crippen LogP contribution in [0.15, 0.2) is 42.7 Å². The molecule has 1 atom stereocenters. The minimum absolute atomic E-state index is 0.0299. The van der Waals surface area contributed by atoms with E-state index in [0.717, 1.165) is 24.4 Å². The number of hydrogen-bond donors (Lipinski definition) is 0. The zero-order valence-electron chi connectivity index (χ0n) is 12.0. The van der Waals surface area contributed by atoms with E-state index in [1.165, 1.54) is 0 Å². The van der Waals surface area contributed by atoms with Crippen molar-refractivity contribution in [3.8, 4) is 0 Å². The minimum Gasteiger partial charge on any atom is -0.369 e. The Hall–Kier alpha value is -1.94. The number of carbonyl (C=O) groups is 1. The van der Waals surface area contributed by atoms with Gasteiger partial charge in [-0.05, 0) is 12.0 Å². The van der Waals surface area contributed by atoms with Crippen molar-refractivity contribution in [3.63, 3.8) is 0 Å². The number of ether oxygens (including phenoxy) is 1. The molecule has 1 unspecified atom stereocenters. The van der Waals surface area contributed by atoms with Crippen LogP contribution in [0.1, 0.15) is 30.8 Å². The zero-order valence-corrected chi connectivity index (χ0v) is 12.0. The average molecular weight is 272 g/mol. The van der Waals surface area contributed by atoms with Crippen LogP contribution >= 0.6 is 0 Å². The second-order valence-electron chi connectivity index (χ2n) is 4.71. The van der Waals surface area contributed by atoms with Gasteiger partial charge in [-0.3, -0.25) is 4.79 Å².